The summed E-state index contributed by atoms with van der Waals surface area (Å²) in [5, 5.41) is 2.61. The first kappa shape index (κ1) is 24.1. The summed E-state index contributed by atoms with van der Waals surface area (Å²) in [6.45, 7) is 0.434. The van der Waals surface area contributed by atoms with Crippen LogP contribution in [-0.4, -0.2) is 25.2 Å². The van der Waals surface area contributed by atoms with Crippen molar-refractivity contribution in [3.8, 4) is 17.2 Å². The van der Waals surface area contributed by atoms with Crippen molar-refractivity contribution in [2.24, 2.45) is 0 Å². The predicted molar refractivity (Wildman–Crippen MR) is 140 cm³/mol. The van der Waals surface area contributed by atoms with Crippen LogP contribution in [0, 0.1) is 11.6 Å². The Balaban J connectivity index is 1.13. The number of anilines is 1. The van der Waals surface area contributed by atoms with Gasteiger partial charge >= 0.3 is 0 Å². The molecule has 0 aromatic heterocycles. The molecule has 0 fully saturated rings. The SMILES string of the molecule is O=C(NCc1cc(F)ccc1F)c1ccc(CN2C(=O)C3(COc4cc5c(cc43)OCO5)c3ccccc32)cc1. The average Bonchev–Trinajstić information content (AvgIpc) is 3.65. The number of hydrogen-bond acceptors (Lipinski definition) is 5. The van der Waals surface area contributed by atoms with E-state index in [4.69, 9.17) is 14.2 Å². The second-order valence-electron chi connectivity index (χ2n) is 9.92. The van der Waals surface area contributed by atoms with Gasteiger partial charge in [0.25, 0.3) is 5.91 Å². The number of carbonyl (C=O) groups is 2. The van der Waals surface area contributed by atoms with E-state index in [-0.39, 0.29) is 38.0 Å². The quantitative estimate of drug-likeness (QED) is 0.392. The fourth-order valence-corrected chi connectivity index (χ4v) is 5.62. The molecule has 3 heterocycles. The van der Waals surface area contributed by atoms with E-state index in [9.17, 15) is 18.4 Å². The first-order valence-corrected chi connectivity index (χ1v) is 12.7. The number of rotatable bonds is 5. The van der Waals surface area contributed by atoms with E-state index in [1.807, 2.05) is 30.3 Å². The van der Waals surface area contributed by atoms with Crippen molar-refractivity contribution < 1.29 is 32.6 Å². The van der Waals surface area contributed by atoms with Crippen molar-refractivity contribution in [1.82, 2.24) is 5.32 Å². The van der Waals surface area contributed by atoms with Gasteiger partial charge in [0.05, 0.1) is 6.54 Å². The molecule has 200 valence electrons. The maximum atomic E-state index is 14.2. The maximum Gasteiger partial charge on any atom is 0.251 e. The van der Waals surface area contributed by atoms with E-state index in [1.54, 1.807) is 35.2 Å². The molecule has 0 saturated heterocycles. The lowest BCUT2D eigenvalue weighted by atomic mass is 9.77. The lowest BCUT2D eigenvalue weighted by molar-refractivity contribution is -0.122. The number of nitrogens with one attached hydrogen (secondary N) is 1. The van der Waals surface area contributed by atoms with Gasteiger partial charge in [-0.3, -0.25) is 9.59 Å². The van der Waals surface area contributed by atoms with Gasteiger partial charge in [-0.2, -0.15) is 0 Å². The Labute approximate surface area is 227 Å². The molecule has 3 aliphatic heterocycles. The Morgan fingerprint density at radius 3 is 2.48 bits per heavy atom. The molecule has 1 spiro atoms. The molecule has 0 bridgehead atoms. The Hall–Kier alpha value is -4.92. The fourth-order valence-electron chi connectivity index (χ4n) is 5.62. The third-order valence-electron chi connectivity index (χ3n) is 7.65. The summed E-state index contributed by atoms with van der Waals surface area (Å²) < 4.78 is 44.4. The van der Waals surface area contributed by atoms with Gasteiger partial charge < -0.3 is 24.4 Å². The van der Waals surface area contributed by atoms with E-state index in [0.717, 1.165) is 40.6 Å². The summed E-state index contributed by atoms with van der Waals surface area (Å²) in [6.07, 6.45) is 0. The summed E-state index contributed by atoms with van der Waals surface area (Å²) in [5.74, 6) is 0.0841. The highest BCUT2D eigenvalue weighted by atomic mass is 19.1. The first-order chi connectivity index (χ1) is 19.4. The minimum absolute atomic E-state index is 0.0617. The van der Waals surface area contributed by atoms with Crippen molar-refractivity contribution in [2.45, 2.75) is 18.5 Å². The van der Waals surface area contributed by atoms with Crippen LogP contribution < -0.4 is 24.4 Å². The molecule has 0 aliphatic carbocycles. The largest absolute Gasteiger partial charge is 0.491 e. The predicted octanol–water partition coefficient (Wildman–Crippen LogP) is 4.85. The monoisotopic (exact) mass is 540 g/mol. The lowest BCUT2D eigenvalue weighted by Crippen LogP contribution is -2.42. The van der Waals surface area contributed by atoms with Crippen LogP contribution in [0.3, 0.4) is 0 Å². The van der Waals surface area contributed by atoms with E-state index >= 15 is 0 Å². The number of halogens is 2. The summed E-state index contributed by atoms with van der Waals surface area (Å²) in [5.41, 5.74) is 2.64. The number of hydrogen-bond donors (Lipinski definition) is 1. The van der Waals surface area contributed by atoms with Crippen molar-refractivity contribution >= 4 is 17.5 Å². The zero-order valence-corrected chi connectivity index (χ0v) is 21.1. The normalized spacial score (nSPS) is 18.1. The number of nitrogens with zero attached hydrogens (tertiary/aromatic N) is 1. The Bertz CT molecular complexity index is 1690. The van der Waals surface area contributed by atoms with Gasteiger partial charge in [0, 0.05) is 35.0 Å². The number of benzene rings is 4. The smallest absolute Gasteiger partial charge is 0.251 e. The van der Waals surface area contributed by atoms with Crippen molar-refractivity contribution in [1.29, 1.82) is 0 Å². The molecule has 0 saturated carbocycles. The molecule has 7 rings (SSSR count). The molecular weight excluding hydrogens is 518 g/mol. The van der Waals surface area contributed by atoms with Crippen LogP contribution in [0.15, 0.2) is 78.9 Å². The molecule has 7 nitrogen and oxygen atoms in total. The van der Waals surface area contributed by atoms with Crippen LogP contribution >= 0.6 is 0 Å². The highest BCUT2D eigenvalue weighted by Gasteiger charge is 2.57. The molecule has 1 N–H and O–H groups in total. The van der Waals surface area contributed by atoms with Gasteiger partial charge in [-0.1, -0.05) is 30.3 Å². The zero-order valence-electron chi connectivity index (χ0n) is 21.1. The summed E-state index contributed by atoms with van der Waals surface area (Å²) in [7, 11) is 0. The van der Waals surface area contributed by atoms with Gasteiger partial charge in [0.2, 0.25) is 12.7 Å². The summed E-state index contributed by atoms with van der Waals surface area (Å²) in [4.78, 5) is 28.5. The molecule has 1 atom stereocenters. The molecule has 4 aromatic carbocycles. The zero-order chi connectivity index (χ0) is 27.4. The molecule has 4 aromatic rings. The number of ether oxygens (including phenoxy) is 3. The minimum atomic E-state index is -1.00. The van der Waals surface area contributed by atoms with E-state index < -0.39 is 23.0 Å². The van der Waals surface area contributed by atoms with Crippen LogP contribution in [-0.2, 0) is 23.3 Å². The number of carbonyl (C=O) groups excluding carboxylic acids is 2. The standard InChI is InChI=1S/C31H22F2N2O5/c32-21-9-10-24(33)20(11-21)14-34-29(36)19-7-5-18(6-8-19)15-35-25-4-2-1-3-22(25)31(30(35)37)16-38-26-13-28-27(12-23(26)31)39-17-40-28/h1-13H,14-17H2,(H,34,36). The maximum absolute atomic E-state index is 14.2. The lowest BCUT2D eigenvalue weighted by Gasteiger charge is -2.23. The van der Waals surface area contributed by atoms with Gasteiger partial charge in [-0.05, 0) is 53.6 Å². The summed E-state index contributed by atoms with van der Waals surface area (Å²) >= 11 is 0. The number of amides is 2. The number of fused-ring (bicyclic) bond motifs is 5. The van der Waals surface area contributed by atoms with Gasteiger partial charge in [0.1, 0.15) is 29.4 Å². The second kappa shape index (κ2) is 9.08. The van der Waals surface area contributed by atoms with Gasteiger partial charge in [-0.25, -0.2) is 8.78 Å². The fraction of sp³-hybridized carbons (Fsp3) is 0.161. The Morgan fingerprint density at radius 1 is 0.875 bits per heavy atom. The van der Waals surface area contributed by atoms with E-state index in [1.165, 1.54) is 0 Å². The van der Waals surface area contributed by atoms with Gasteiger partial charge in [-0.15, -0.1) is 0 Å². The molecule has 40 heavy (non-hydrogen) atoms. The third-order valence-corrected chi connectivity index (χ3v) is 7.65. The first-order valence-electron chi connectivity index (χ1n) is 12.7. The minimum Gasteiger partial charge on any atom is -0.491 e. The third kappa shape index (κ3) is 3.69. The number of para-hydroxylation sites is 1. The van der Waals surface area contributed by atoms with Crippen molar-refractivity contribution in [2.75, 3.05) is 18.3 Å². The van der Waals surface area contributed by atoms with Crippen LogP contribution in [0.5, 0.6) is 17.2 Å². The van der Waals surface area contributed by atoms with E-state index in [0.29, 0.717) is 22.8 Å². The Kier molecular flexibility index (Phi) is 5.48. The highest BCUT2D eigenvalue weighted by Crippen LogP contribution is 2.55. The second-order valence-corrected chi connectivity index (χ2v) is 9.92. The van der Waals surface area contributed by atoms with E-state index in [2.05, 4.69) is 5.32 Å². The molecule has 1 unspecified atom stereocenters. The van der Waals surface area contributed by atoms with Crippen LogP contribution in [0.2, 0.25) is 0 Å². The van der Waals surface area contributed by atoms with Crippen LogP contribution in [0.1, 0.15) is 32.6 Å². The molecule has 0 radical (unpaired) electrons. The molecule has 9 heteroatoms. The van der Waals surface area contributed by atoms with Gasteiger partial charge in [0.15, 0.2) is 11.5 Å². The van der Waals surface area contributed by atoms with Crippen LogP contribution in [0.25, 0.3) is 0 Å². The molecular formula is C31H22F2N2O5. The average molecular weight is 541 g/mol. The van der Waals surface area contributed by atoms with Crippen molar-refractivity contribution in [3.63, 3.8) is 0 Å². The Morgan fingerprint density at radius 2 is 1.65 bits per heavy atom. The molecule has 2 amide bonds. The highest BCUT2D eigenvalue weighted by molar-refractivity contribution is 6.11. The summed E-state index contributed by atoms with van der Waals surface area (Å²) in [6, 6.07) is 21.2. The van der Waals surface area contributed by atoms with Crippen LogP contribution in [0.4, 0.5) is 14.5 Å². The molecule has 3 aliphatic rings. The van der Waals surface area contributed by atoms with Crippen molar-refractivity contribution in [3.05, 3.63) is 118 Å². The topological polar surface area (TPSA) is 77.1 Å².